The Labute approximate surface area is 123 Å². The molecule has 2 rings (SSSR count). The highest BCUT2D eigenvalue weighted by molar-refractivity contribution is 7.18. The summed E-state index contributed by atoms with van der Waals surface area (Å²) in [5.74, 6) is -0.462. The van der Waals surface area contributed by atoms with Crippen LogP contribution in [0.15, 0.2) is 5.51 Å². The number of thiazole rings is 2. The molecule has 0 saturated carbocycles. The van der Waals surface area contributed by atoms with Gasteiger partial charge in [0.2, 0.25) is 0 Å². The number of carbonyl (C=O) groups excluding carboxylic acids is 1. The molecule has 0 N–H and O–H groups in total. The van der Waals surface area contributed by atoms with E-state index in [-0.39, 0.29) is 5.15 Å². The zero-order valence-electron chi connectivity index (χ0n) is 10.6. The number of carbonyl (C=O) groups is 1. The topological polar surface area (TPSA) is 55.3 Å². The zero-order valence-corrected chi connectivity index (χ0v) is 13.0. The number of halogens is 1. The molecule has 0 aromatic carbocycles. The summed E-state index contributed by atoms with van der Waals surface area (Å²) in [4.78, 5) is 23.3. The summed E-state index contributed by atoms with van der Waals surface area (Å²) in [6.45, 7) is 2.65. The second kappa shape index (κ2) is 5.85. The summed E-state index contributed by atoms with van der Waals surface area (Å²) in [5.41, 5.74) is 2.82. The van der Waals surface area contributed by atoms with Gasteiger partial charge in [-0.15, -0.1) is 11.3 Å². The van der Waals surface area contributed by atoms with Crippen LogP contribution in [0.5, 0.6) is 0 Å². The van der Waals surface area contributed by atoms with Gasteiger partial charge in [0.25, 0.3) is 0 Å². The standard InChI is InChI=1S/C11H12ClN3O2S2/c1-6-7(18-5-13-6)4-15(2)11-14-9(12)8(19-11)10(16)17-3/h5H,4H2,1-3H3. The summed E-state index contributed by atoms with van der Waals surface area (Å²) < 4.78 is 4.66. The molecule has 19 heavy (non-hydrogen) atoms. The fraction of sp³-hybridized carbons (Fsp3) is 0.364. The lowest BCUT2D eigenvalue weighted by Crippen LogP contribution is -2.15. The highest BCUT2D eigenvalue weighted by atomic mass is 35.5. The normalized spacial score (nSPS) is 10.5. The Morgan fingerprint density at radius 3 is 2.89 bits per heavy atom. The van der Waals surface area contributed by atoms with Crippen LogP contribution in [0.2, 0.25) is 5.15 Å². The molecule has 0 unspecified atom stereocenters. The van der Waals surface area contributed by atoms with Crippen LogP contribution >= 0.6 is 34.3 Å². The molecular formula is C11H12ClN3O2S2. The molecule has 2 aromatic heterocycles. The van der Waals surface area contributed by atoms with Gasteiger partial charge in [0.15, 0.2) is 15.2 Å². The highest BCUT2D eigenvalue weighted by Crippen LogP contribution is 2.30. The van der Waals surface area contributed by atoms with Crippen molar-refractivity contribution in [2.45, 2.75) is 13.5 Å². The summed E-state index contributed by atoms with van der Waals surface area (Å²) in [7, 11) is 3.22. The van der Waals surface area contributed by atoms with Crippen molar-refractivity contribution < 1.29 is 9.53 Å². The number of hydrogen-bond donors (Lipinski definition) is 0. The molecule has 0 fully saturated rings. The fourth-order valence-corrected chi connectivity index (χ4v) is 3.42. The summed E-state index contributed by atoms with van der Waals surface area (Å²) in [5, 5.41) is 0.859. The summed E-state index contributed by atoms with van der Waals surface area (Å²) in [6.07, 6.45) is 0. The maximum absolute atomic E-state index is 11.5. The third kappa shape index (κ3) is 3.05. The van der Waals surface area contributed by atoms with Crippen LogP contribution in [0.25, 0.3) is 0 Å². The second-order valence-electron chi connectivity index (χ2n) is 3.82. The van der Waals surface area contributed by atoms with Gasteiger partial charge in [-0.3, -0.25) is 0 Å². The minimum Gasteiger partial charge on any atom is -0.465 e. The van der Waals surface area contributed by atoms with Crippen LogP contribution in [0, 0.1) is 6.92 Å². The van der Waals surface area contributed by atoms with Crippen LogP contribution in [0.3, 0.4) is 0 Å². The smallest absolute Gasteiger partial charge is 0.351 e. The lowest BCUT2D eigenvalue weighted by atomic mass is 10.4. The van der Waals surface area contributed by atoms with E-state index >= 15 is 0 Å². The van der Waals surface area contributed by atoms with Gasteiger partial charge in [0, 0.05) is 11.9 Å². The van der Waals surface area contributed by atoms with Gasteiger partial charge in [-0.05, 0) is 6.92 Å². The summed E-state index contributed by atoms with van der Waals surface area (Å²) >= 11 is 8.75. The number of nitrogens with zero attached hydrogens (tertiary/aromatic N) is 3. The van der Waals surface area contributed by atoms with E-state index < -0.39 is 5.97 Å². The molecule has 0 bridgehead atoms. The molecule has 102 valence electrons. The highest BCUT2D eigenvalue weighted by Gasteiger charge is 2.19. The first-order chi connectivity index (χ1) is 9.02. The molecule has 8 heteroatoms. The lowest BCUT2D eigenvalue weighted by Gasteiger charge is -2.14. The number of anilines is 1. The van der Waals surface area contributed by atoms with Gasteiger partial charge >= 0.3 is 5.97 Å². The van der Waals surface area contributed by atoms with Crippen molar-refractivity contribution in [3.63, 3.8) is 0 Å². The molecule has 5 nitrogen and oxygen atoms in total. The van der Waals surface area contributed by atoms with Crippen LogP contribution in [-0.2, 0) is 11.3 Å². The maximum atomic E-state index is 11.5. The fourth-order valence-electron chi connectivity index (χ4n) is 1.43. The van der Waals surface area contributed by atoms with E-state index in [1.54, 1.807) is 11.3 Å². The first-order valence-corrected chi connectivity index (χ1v) is 7.45. The molecule has 0 spiro atoms. The quantitative estimate of drug-likeness (QED) is 0.811. The lowest BCUT2D eigenvalue weighted by molar-refractivity contribution is 0.0606. The third-order valence-corrected chi connectivity index (χ3v) is 4.95. The van der Waals surface area contributed by atoms with Crippen molar-refractivity contribution in [1.82, 2.24) is 9.97 Å². The Morgan fingerprint density at radius 1 is 1.58 bits per heavy atom. The van der Waals surface area contributed by atoms with Gasteiger partial charge in [-0.2, -0.15) is 0 Å². The first kappa shape index (κ1) is 14.2. The molecule has 0 aliphatic carbocycles. The number of aryl methyl sites for hydroxylation is 1. The van der Waals surface area contributed by atoms with Crippen molar-refractivity contribution in [2.24, 2.45) is 0 Å². The molecule has 0 aliphatic rings. The minimum absolute atomic E-state index is 0.180. The molecular weight excluding hydrogens is 306 g/mol. The minimum atomic E-state index is -0.462. The third-order valence-electron chi connectivity index (χ3n) is 2.50. The largest absolute Gasteiger partial charge is 0.465 e. The van der Waals surface area contributed by atoms with Crippen molar-refractivity contribution in [1.29, 1.82) is 0 Å². The molecule has 2 aromatic rings. The van der Waals surface area contributed by atoms with E-state index in [9.17, 15) is 4.79 Å². The van der Waals surface area contributed by atoms with Gasteiger partial charge in [0.05, 0.1) is 24.9 Å². The van der Waals surface area contributed by atoms with Crippen molar-refractivity contribution in [2.75, 3.05) is 19.1 Å². The van der Waals surface area contributed by atoms with Crippen molar-refractivity contribution >= 4 is 45.4 Å². The van der Waals surface area contributed by atoms with Crippen LogP contribution in [0.4, 0.5) is 5.13 Å². The number of rotatable bonds is 4. The van der Waals surface area contributed by atoms with Gasteiger partial charge in [0.1, 0.15) is 0 Å². The maximum Gasteiger partial charge on any atom is 0.351 e. The number of hydrogen-bond acceptors (Lipinski definition) is 7. The summed E-state index contributed by atoms with van der Waals surface area (Å²) in [6, 6.07) is 0. The monoisotopic (exact) mass is 317 g/mol. The van der Waals surface area contributed by atoms with E-state index in [1.165, 1.54) is 18.4 Å². The van der Waals surface area contributed by atoms with E-state index in [0.29, 0.717) is 16.6 Å². The van der Waals surface area contributed by atoms with Gasteiger partial charge in [-0.25, -0.2) is 14.8 Å². The SMILES string of the molecule is COC(=O)c1sc(N(C)Cc2scnc2C)nc1Cl. The van der Waals surface area contributed by atoms with Crippen molar-refractivity contribution in [3.8, 4) is 0 Å². The Kier molecular flexibility index (Phi) is 4.38. The van der Waals surface area contributed by atoms with Crippen LogP contribution in [0.1, 0.15) is 20.2 Å². The molecule has 2 heterocycles. The predicted molar refractivity (Wildman–Crippen MR) is 77.4 cm³/mol. The molecule has 0 atom stereocenters. The Balaban J connectivity index is 2.18. The Bertz CT molecular complexity index is 597. The number of esters is 1. The Hall–Kier alpha value is -1.18. The molecule has 0 radical (unpaired) electrons. The average molecular weight is 318 g/mol. The average Bonchev–Trinajstić information content (AvgIpc) is 2.95. The number of methoxy groups -OCH3 is 1. The first-order valence-electron chi connectivity index (χ1n) is 5.37. The second-order valence-corrected chi connectivity index (χ2v) is 6.10. The zero-order chi connectivity index (χ0) is 14.0. The number of aromatic nitrogens is 2. The predicted octanol–water partition coefficient (Wildman–Crippen LogP) is 2.98. The van der Waals surface area contributed by atoms with E-state index in [1.807, 2.05) is 24.4 Å². The van der Waals surface area contributed by atoms with E-state index in [4.69, 9.17) is 11.6 Å². The van der Waals surface area contributed by atoms with Gasteiger partial charge in [-0.1, -0.05) is 22.9 Å². The Morgan fingerprint density at radius 2 is 2.32 bits per heavy atom. The molecule has 0 saturated heterocycles. The number of ether oxygens (including phenoxy) is 1. The van der Waals surface area contributed by atoms with Gasteiger partial charge < -0.3 is 9.64 Å². The van der Waals surface area contributed by atoms with E-state index in [0.717, 1.165) is 10.6 Å². The van der Waals surface area contributed by atoms with Crippen LogP contribution < -0.4 is 4.90 Å². The van der Waals surface area contributed by atoms with Crippen LogP contribution in [-0.4, -0.2) is 30.1 Å². The van der Waals surface area contributed by atoms with E-state index in [2.05, 4.69) is 14.7 Å². The molecule has 0 aliphatic heterocycles. The van der Waals surface area contributed by atoms with Crippen molar-refractivity contribution in [3.05, 3.63) is 26.1 Å². The molecule has 0 amide bonds.